The first-order valence-electron chi connectivity index (χ1n) is 6.08. The summed E-state index contributed by atoms with van der Waals surface area (Å²) in [5.41, 5.74) is 0.668. The quantitative estimate of drug-likeness (QED) is 0.737. The van der Waals surface area contributed by atoms with Crippen molar-refractivity contribution in [1.29, 1.82) is 0 Å². The van der Waals surface area contributed by atoms with Crippen LogP contribution in [0.15, 0.2) is 0 Å². The zero-order valence-electron chi connectivity index (χ0n) is 9.97. The van der Waals surface area contributed by atoms with Gasteiger partial charge in [-0.15, -0.1) is 0 Å². The molecule has 3 heteroatoms. The molecule has 2 aliphatic rings. The fraction of sp³-hybridized carbons (Fsp3) is 0.917. The first-order valence-corrected chi connectivity index (χ1v) is 6.08. The predicted octanol–water partition coefficient (Wildman–Crippen LogP) is 2.27. The van der Waals surface area contributed by atoms with Gasteiger partial charge in [-0.1, -0.05) is 13.8 Å². The van der Waals surface area contributed by atoms with Crippen molar-refractivity contribution in [3.63, 3.8) is 0 Å². The lowest BCUT2D eigenvalue weighted by Crippen LogP contribution is -2.51. The van der Waals surface area contributed by atoms with E-state index in [1.165, 1.54) is 25.7 Å². The lowest BCUT2D eigenvalue weighted by Gasteiger charge is -2.36. The zero-order chi connectivity index (χ0) is 11.1. The van der Waals surface area contributed by atoms with Gasteiger partial charge in [0.2, 0.25) is 0 Å². The number of nitrogens with one attached hydrogen (secondary N) is 2. The summed E-state index contributed by atoms with van der Waals surface area (Å²) >= 11 is 0. The van der Waals surface area contributed by atoms with Crippen LogP contribution in [0.4, 0.5) is 4.79 Å². The average molecular weight is 210 g/mol. The molecule has 1 spiro atoms. The Balaban J connectivity index is 1.64. The number of amides is 2. The van der Waals surface area contributed by atoms with Crippen molar-refractivity contribution >= 4 is 6.03 Å². The molecule has 0 radical (unpaired) electrons. The van der Waals surface area contributed by atoms with Gasteiger partial charge in [0, 0.05) is 12.1 Å². The molecule has 2 N–H and O–H groups in total. The second kappa shape index (κ2) is 3.69. The van der Waals surface area contributed by atoms with E-state index >= 15 is 0 Å². The molecule has 0 aromatic heterocycles. The minimum Gasteiger partial charge on any atom is -0.335 e. The first kappa shape index (κ1) is 10.8. The Labute approximate surface area is 92.0 Å². The summed E-state index contributed by atoms with van der Waals surface area (Å²) < 4.78 is 0. The molecular weight excluding hydrogens is 188 g/mol. The molecule has 0 heterocycles. The fourth-order valence-corrected chi connectivity index (χ4v) is 2.27. The van der Waals surface area contributed by atoms with Gasteiger partial charge in [0.05, 0.1) is 0 Å². The highest BCUT2D eigenvalue weighted by Gasteiger charge is 2.53. The van der Waals surface area contributed by atoms with Crippen LogP contribution in [0.25, 0.3) is 0 Å². The minimum atomic E-state index is 0.0108. The van der Waals surface area contributed by atoms with Crippen molar-refractivity contribution in [1.82, 2.24) is 10.6 Å². The smallest absolute Gasteiger partial charge is 0.315 e. The third kappa shape index (κ3) is 2.44. The SMILES string of the molecule is CC(C)[C@@H](C)NC(=O)NC1CC2(CC2)C1. The number of carbonyl (C=O) groups is 1. The minimum absolute atomic E-state index is 0.0108. The molecule has 86 valence electrons. The van der Waals surface area contributed by atoms with E-state index in [0.717, 1.165) is 0 Å². The number of urea groups is 1. The fourth-order valence-electron chi connectivity index (χ4n) is 2.27. The van der Waals surface area contributed by atoms with Gasteiger partial charge in [0.1, 0.15) is 0 Å². The summed E-state index contributed by atoms with van der Waals surface area (Å²) in [6, 6.07) is 0.698. The van der Waals surface area contributed by atoms with Gasteiger partial charge < -0.3 is 10.6 Å². The van der Waals surface area contributed by atoms with E-state index in [9.17, 15) is 4.79 Å². The van der Waals surface area contributed by atoms with Crippen molar-refractivity contribution in [3.05, 3.63) is 0 Å². The van der Waals surface area contributed by atoms with E-state index in [1.54, 1.807) is 0 Å². The molecule has 3 nitrogen and oxygen atoms in total. The van der Waals surface area contributed by atoms with Gasteiger partial charge in [0.15, 0.2) is 0 Å². The molecule has 2 amide bonds. The normalized spacial score (nSPS) is 24.8. The van der Waals surface area contributed by atoms with Gasteiger partial charge in [-0.2, -0.15) is 0 Å². The lowest BCUT2D eigenvalue weighted by molar-refractivity contribution is 0.186. The summed E-state index contributed by atoms with van der Waals surface area (Å²) in [5.74, 6) is 0.493. The Bertz CT molecular complexity index is 250. The second-order valence-corrected chi connectivity index (χ2v) is 5.76. The third-order valence-corrected chi connectivity index (χ3v) is 4.01. The Morgan fingerprint density at radius 3 is 2.33 bits per heavy atom. The number of hydrogen-bond donors (Lipinski definition) is 2. The molecule has 2 saturated carbocycles. The molecule has 0 aromatic rings. The van der Waals surface area contributed by atoms with Crippen LogP contribution >= 0.6 is 0 Å². The monoisotopic (exact) mass is 210 g/mol. The van der Waals surface area contributed by atoms with Crippen molar-refractivity contribution in [2.24, 2.45) is 11.3 Å². The van der Waals surface area contributed by atoms with Gasteiger partial charge in [-0.3, -0.25) is 0 Å². The molecule has 0 saturated heterocycles. The van der Waals surface area contributed by atoms with E-state index in [-0.39, 0.29) is 12.1 Å². The molecule has 2 aliphatic carbocycles. The highest BCUT2D eigenvalue weighted by atomic mass is 16.2. The highest BCUT2D eigenvalue weighted by molar-refractivity contribution is 5.74. The van der Waals surface area contributed by atoms with Crippen LogP contribution in [0, 0.1) is 11.3 Å². The molecule has 0 aromatic carbocycles. The van der Waals surface area contributed by atoms with Gasteiger partial charge in [-0.05, 0) is 43.9 Å². The number of hydrogen-bond acceptors (Lipinski definition) is 1. The highest BCUT2D eigenvalue weighted by Crippen LogP contribution is 2.60. The zero-order valence-corrected chi connectivity index (χ0v) is 9.97. The Morgan fingerprint density at radius 2 is 1.87 bits per heavy atom. The summed E-state index contributed by atoms with van der Waals surface area (Å²) in [6.45, 7) is 6.29. The molecular formula is C12H22N2O. The van der Waals surface area contributed by atoms with E-state index < -0.39 is 0 Å². The maximum absolute atomic E-state index is 11.6. The van der Waals surface area contributed by atoms with Crippen molar-refractivity contribution in [3.8, 4) is 0 Å². The van der Waals surface area contributed by atoms with Crippen molar-refractivity contribution in [2.45, 2.75) is 58.5 Å². The Kier molecular flexibility index (Phi) is 2.65. The number of carbonyl (C=O) groups excluding carboxylic acids is 1. The van der Waals surface area contributed by atoms with Gasteiger partial charge in [0.25, 0.3) is 0 Å². The standard InChI is InChI=1S/C12H22N2O/c1-8(2)9(3)13-11(15)14-10-6-12(7-10)4-5-12/h8-10H,4-7H2,1-3H3,(H2,13,14,15)/t9-/m1/s1. The molecule has 0 bridgehead atoms. The van der Waals surface area contributed by atoms with Crippen molar-refractivity contribution in [2.75, 3.05) is 0 Å². The third-order valence-electron chi connectivity index (χ3n) is 4.01. The maximum Gasteiger partial charge on any atom is 0.315 e. The Morgan fingerprint density at radius 1 is 1.27 bits per heavy atom. The van der Waals surface area contributed by atoms with E-state index in [4.69, 9.17) is 0 Å². The van der Waals surface area contributed by atoms with E-state index in [2.05, 4.69) is 24.5 Å². The van der Waals surface area contributed by atoms with Crippen LogP contribution in [-0.2, 0) is 0 Å². The van der Waals surface area contributed by atoms with E-state index in [1.807, 2.05) is 6.92 Å². The van der Waals surface area contributed by atoms with Gasteiger partial charge >= 0.3 is 6.03 Å². The Hall–Kier alpha value is -0.730. The second-order valence-electron chi connectivity index (χ2n) is 5.76. The molecule has 15 heavy (non-hydrogen) atoms. The van der Waals surface area contributed by atoms with Crippen LogP contribution in [0.1, 0.15) is 46.5 Å². The number of rotatable bonds is 3. The van der Waals surface area contributed by atoms with Crippen LogP contribution in [-0.4, -0.2) is 18.1 Å². The van der Waals surface area contributed by atoms with Crippen molar-refractivity contribution < 1.29 is 4.79 Å². The molecule has 0 aliphatic heterocycles. The topological polar surface area (TPSA) is 41.1 Å². The average Bonchev–Trinajstić information content (AvgIpc) is 2.82. The maximum atomic E-state index is 11.6. The first-order chi connectivity index (χ1) is 7.01. The molecule has 1 atom stereocenters. The summed E-state index contributed by atoms with van der Waals surface area (Å²) in [5, 5.41) is 6.02. The van der Waals surface area contributed by atoms with Crippen LogP contribution in [0.3, 0.4) is 0 Å². The van der Waals surface area contributed by atoms with Crippen LogP contribution < -0.4 is 10.6 Å². The largest absolute Gasteiger partial charge is 0.335 e. The predicted molar refractivity (Wildman–Crippen MR) is 60.7 cm³/mol. The summed E-state index contributed by atoms with van der Waals surface area (Å²) in [6.07, 6.45) is 5.18. The molecule has 2 rings (SSSR count). The van der Waals surface area contributed by atoms with E-state index in [0.29, 0.717) is 17.4 Å². The lowest BCUT2D eigenvalue weighted by atomic mass is 9.77. The summed E-state index contributed by atoms with van der Waals surface area (Å²) in [4.78, 5) is 11.6. The van der Waals surface area contributed by atoms with Crippen LogP contribution in [0.2, 0.25) is 0 Å². The van der Waals surface area contributed by atoms with Crippen LogP contribution in [0.5, 0.6) is 0 Å². The molecule has 2 fully saturated rings. The molecule has 0 unspecified atom stereocenters. The van der Waals surface area contributed by atoms with Gasteiger partial charge in [-0.25, -0.2) is 4.79 Å². The summed E-state index contributed by atoms with van der Waals surface area (Å²) in [7, 11) is 0.